The molecular formula is C24H31FIN5O. The summed E-state index contributed by atoms with van der Waals surface area (Å²) in [7, 11) is 0. The number of fused-ring (bicyclic) bond motifs is 1. The van der Waals surface area contributed by atoms with Crippen molar-refractivity contribution in [1.82, 2.24) is 15.6 Å². The Hall–Kier alpha value is -2.33. The lowest BCUT2D eigenvalue weighted by molar-refractivity contribution is 0.122. The molecule has 0 radical (unpaired) electrons. The van der Waals surface area contributed by atoms with Crippen molar-refractivity contribution < 1.29 is 9.13 Å². The van der Waals surface area contributed by atoms with Crippen LogP contribution in [0.5, 0.6) is 0 Å². The number of morpholine rings is 1. The Balaban J connectivity index is 0.00000289. The van der Waals surface area contributed by atoms with Gasteiger partial charge < -0.3 is 25.3 Å². The smallest absolute Gasteiger partial charge is 0.191 e. The summed E-state index contributed by atoms with van der Waals surface area (Å²) in [6.07, 6.45) is 2.77. The van der Waals surface area contributed by atoms with Crippen molar-refractivity contribution in [2.24, 2.45) is 4.99 Å². The van der Waals surface area contributed by atoms with Crippen LogP contribution in [0, 0.1) is 5.82 Å². The molecule has 4 rings (SSSR count). The fraction of sp³-hybridized carbons (Fsp3) is 0.375. The Bertz CT molecular complexity index is 1030. The number of halogens is 2. The Morgan fingerprint density at radius 1 is 1.12 bits per heavy atom. The number of nitrogens with one attached hydrogen (secondary N) is 3. The van der Waals surface area contributed by atoms with Crippen LogP contribution in [0.15, 0.2) is 53.7 Å². The molecule has 0 aliphatic carbocycles. The van der Waals surface area contributed by atoms with E-state index in [9.17, 15) is 4.39 Å². The summed E-state index contributed by atoms with van der Waals surface area (Å²) in [6.45, 7) is 7.55. The Kier molecular flexibility index (Phi) is 9.16. The zero-order valence-corrected chi connectivity index (χ0v) is 20.7. The standard InChI is InChI=1S/C24H30FN5O.HI/c1-2-26-24(27-10-9-18-16-28-22-15-20(25)7-8-21(18)22)29-17-19-5-3-4-6-23(19)30-11-13-31-14-12-30;/h3-8,15-16,28H,2,9-14,17H2,1H3,(H2,26,27,29);1H. The zero-order chi connectivity index (χ0) is 21.5. The van der Waals surface area contributed by atoms with Crippen molar-refractivity contribution in [3.8, 4) is 0 Å². The summed E-state index contributed by atoms with van der Waals surface area (Å²) in [5.41, 5.74) is 4.43. The molecule has 0 spiro atoms. The monoisotopic (exact) mass is 551 g/mol. The van der Waals surface area contributed by atoms with Crippen molar-refractivity contribution in [3.63, 3.8) is 0 Å². The number of aliphatic imine (C=N–C) groups is 1. The number of nitrogens with zero attached hydrogens (tertiary/aromatic N) is 2. The van der Waals surface area contributed by atoms with Gasteiger partial charge in [-0.2, -0.15) is 0 Å². The quantitative estimate of drug-likeness (QED) is 0.236. The second-order valence-corrected chi connectivity index (χ2v) is 7.60. The van der Waals surface area contributed by atoms with Gasteiger partial charge >= 0.3 is 0 Å². The molecule has 0 bridgehead atoms. The normalized spacial score (nSPS) is 14.3. The fourth-order valence-electron chi connectivity index (χ4n) is 3.94. The first-order valence-corrected chi connectivity index (χ1v) is 10.9. The Morgan fingerprint density at radius 3 is 2.75 bits per heavy atom. The van der Waals surface area contributed by atoms with Gasteiger partial charge in [-0.1, -0.05) is 18.2 Å². The van der Waals surface area contributed by atoms with Crippen molar-refractivity contribution in [3.05, 3.63) is 65.6 Å². The van der Waals surface area contributed by atoms with Crippen LogP contribution in [0.3, 0.4) is 0 Å². The SMILES string of the molecule is CCNC(=NCc1ccccc1N1CCOCC1)NCCc1c[nH]c2cc(F)ccc12.I. The van der Waals surface area contributed by atoms with Crippen molar-refractivity contribution in [1.29, 1.82) is 0 Å². The molecule has 0 saturated carbocycles. The highest BCUT2D eigenvalue weighted by Crippen LogP contribution is 2.22. The molecule has 172 valence electrons. The van der Waals surface area contributed by atoms with E-state index < -0.39 is 0 Å². The summed E-state index contributed by atoms with van der Waals surface area (Å²) in [4.78, 5) is 10.3. The Labute approximate surface area is 205 Å². The number of para-hydroxylation sites is 1. The molecule has 2 heterocycles. The lowest BCUT2D eigenvalue weighted by Crippen LogP contribution is -2.38. The topological polar surface area (TPSA) is 64.7 Å². The van der Waals surface area contributed by atoms with E-state index in [0.717, 1.165) is 68.2 Å². The number of aromatic amines is 1. The Morgan fingerprint density at radius 2 is 1.94 bits per heavy atom. The van der Waals surface area contributed by atoms with Gasteiger partial charge in [0.2, 0.25) is 0 Å². The number of hydrogen-bond acceptors (Lipinski definition) is 3. The minimum absolute atomic E-state index is 0. The average Bonchev–Trinajstić information content (AvgIpc) is 3.20. The number of aromatic nitrogens is 1. The van der Waals surface area contributed by atoms with Crippen molar-refractivity contribution in [2.75, 3.05) is 44.3 Å². The first-order valence-electron chi connectivity index (χ1n) is 10.9. The molecule has 1 fully saturated rings. The van der Waals surface area contributed by atoms with Gasteiger partial charge in [0.25, 0.3) is 0 Å². The van der Waals surface area contributed by atoms with Gasteiger partial charge in [0.15, 0.2) is 5.96 Å². The lowest BCUT2D eigenvalue weighted by Gasteiger charge is -2.30. The first-order chi connectivity index (χ1) is 15.2. The van der Waals surface area contributed by atoms with Gasteiger partial charge in [0.05, 0.1) is 19.8 Å². The molecule has 1 aliphatic rings. The molecule has 8 heteroatoms. The predicted molar refractivity (Wildman–Crippen MR) is 140 cm³/mol. The number of hydrogen-bond donors (Lipinski definition) is 3. The van der Waals surface area contributed by atoms with E-state index in [0.29, 0.717) is 6.54 Å². The van der Waals surface area contributed by atoms with Crippen molar-refractivity contribution in [2.45, 2.75) is 19.9 Å². The molecule has 6 nitrogen and oxygen atoms in total. The third kappa shape index (κ3) is 6.13. The van der Waals surface area contributed by atoms with Gasteiger partial charge in [-0.05, 0) is 48.7 Å². The summed E-state index contributed by atoms with van der Waals surface area (Å²) in [5.74, 6) is 0.572. The van der Waals surface area contributed by atoms with Gasteiger partial charge in [0, 0.05) is 49.0 Å². The second-order valence-electron chi connectivity index (χ2n) is 7.60. The largest absolute Gasteiger partial charge is 0.378 e. The maximum Gasteiger partial charge on any atom is 0.191 e. The highest BCUT2D eigenvalue weighted by atomic mass is 127. The maximum atomic E-state index is 13.4. The first kappa shape index (κ1) is 24.3. The molecule has 3 aromatic rings. The van der Waals surface area contributed by atoms with Gasteiger partial charge in [0.1, 0.15) is 5.82 Å². The molecule has 0 unspecified atom stereocenters. The van der Waals surface area contributed by atoms with E-state index >= 15 is 0 Å². The molecule has 0 atom stereocenters. The molecule has 1 aromatic heterocycles. The molecular weight excluding hydrogens is 520 g/mol. The summed E-state index contributed by atoms with van der Waals surface area (Å²) in [5, 5.41) is 7.81. The molecule has 1 saturated heterocycles. The molecule has 32 heavy (non-hydrogen) atoms. The number of guanidine groups is 1. The predicted octanol–water partition coefficient (Wildman–Crippen LogP) is 4.06. The van der Waals surface area contributed by atoms with E-state index in [4.69, 9.17) is 9.73 Å². The van der Waals surface area contributed by atoms with Gasteiger partial charge in [-0.25, -0.2) is 9.38 Å². The summed E-state index contributed by atoms with van der Waals surface area (Å²) < 4.78 is 18.9. The molecule has 2 aromatic carbocycles. The maximum absolute atomic E-state index is 13.4. The third-order valence-corrected chi connectivity index (χ3v) is 5.51. The third-order valence-electron chi connectivity index (χ3n) is 5.51. The van der Waals surface area contributed by atoms with Crippen LogP contribution in [0.25, 0.3) is 10.9 Å². The minimum atomic E-state index is -0.224. The van der Waals surface area contributed by atoms with Crippen molar-refractivity contribution >= 4 is 46.5 Å². The number of ether oxygens (including phenoxy) is 1. The van der Waals surface area contributed by atoms with E-state index in [1.165, 1.54) is 23.4 Å². The van der Waals surface area contributed by atoms with Crippen LogP contribution >= 0.6 is 24.0 Å². The van der Waals surface area contributed by atoms with Crippen LogP contribution in [0.2, 0.25) is 0 Å². The van der Waals surface area contributed by atoms with E-state index in [1.807, 2.05) is 12.3 Å². The van der Waals surface area contributed by atoms with Crippen LogP contribution in [0.4, 0.5) is 10.1 Å². The van der Waals surface area contributed by atoms with E-state index in [2.05, 4.69) is 51.7 Å². The highest BCUT2D eigenvalue weighted by Gasteiger charge is 2.14. The van der Waals surface area contributed by atoms with Gasteiger partial charge in [-0.15, -0.1) is 24.0 Å². The summed E-state index contributed by atoms with van der Waals surface area (Å²) >= 11 is 0. The highest BCUT2D eigenvalue weighted by molar-refractivity contribution is 14.0. The molecule has 1 aliphatic heterocycles. The minimum Gasteiger partial charge on any atom is -0.378 e. The lowest BCUT2D eigenvalue weighted by atomic mass is 10.1. The number of H-pyrrole nitrogens is 1. The average molecular weight is 551 g/mol. The molecule has 0 amide bonds. The summed E-state index contributed by atoms with van der Waals surface area (Å²) in [6, 6.07) is 13.3. The van der Waals surface area contributed by atoms with Crippen LogP contribution in [-0.4, -0.2) is 50.3 Å². The van der Waals surface area contributed by atoms with E-state index in [1.54, 1.807) is 0 Å². The molecule has 3 N–H and O–H groups in total. The number of anilines is 1. The van der Waals surface area contributed by atoms with Crippen LogP contribution < -0.4 is 15.5 Å². The zero-order valence-electron chi connectivity index (χ0n) is 18.4. The van der Waals surface area contributed by atoms with Crippen LogP contribution in [-0.2, 0) is 17.7 Å². The number of rotatable bonds is 7. The van der Waals surface area contributed by atoms with E-state index in [-0.39, 0.29) is 29.8 Å². The fourth-order valence-corrected chi connectivity index (χ4v) is 3.94. The number of benzene rings is 2. The van der Waals surface area contributed by atoms with Gasteiger partial charge in [-0.3, -0.25) is 0 Å². The van der Waals surface area contributed by atoms with Crippen LogP contribution in [0.1, 0.15) is 18.1 Å². The second kappa shape index (κ2) is 12.1.